The molecule has 0 aliphatic heterocycles. The number of benzene rings is 1. The van der Waals surface area contributed by atoms with Crippen LogP contribution in [0.4, 0.5) is 0 Å². The highest BCUT2D eigenvalue weighted by molar-refractivity contribution is 7.98. The van der Waals surface area contributed by atoms with E-state index in [1.54, 1.807) is 18.7 Å². The van der Waals surface area contributed by atoms with Gasteiger partial charge in [0.05, 0.1) is 11.6 Å². The van der Waals surface area contributed by atoms with Crippen LogP contribution >= 0.6 is 11.8 Å². The molecule has 6 heteroatoms. The van der Waals surface area contributed by atoms with E-state index in [-0.39, 0.29) is 0 Å². The summed E-state index contributed by atoms with van der Waals surface area (Å²) < 4.78 is 13.1. The highest BCUT2D eigenvalue weighted by atomic mass is 32.2. The molecule has 0 aliphatic carbocycles. The fourth-order valence-corrected chi connectivity index (χ4v) is 2.99. The maximum Gasteiger partial charge on any atom is 0.333 e. The second-order valence-electron chi connectivity index (χ2n) is 5.22. The summed E-state index contributed by atoms with van der Waals surface area (Å²) in [6.07, 6.45) is 3.64. The van der Waals surface area contributed by atoms with Crippen molar-refractivity contribution in [3.63, 3.8) is 0 Å². The van der Waals surface area contributed by atoms with Crippen molar-refractivity contribution in [1.82, 2.24) is 4.57 Å². The average molecular weight is 349 g/mol. The monoisotopic (exact) mass is 349 g/mol. The number of ether oxygens (including phenoxy) is 2. The molecule has 2 rings (SSSR count). The predicted molar refractivity (Wildman–Crippen MR) is 94.9 cm³/mol. The first kappa shape index (κ1) is 18.4. The fraction of sp³-hybridized carbons (Fsp3) is 0.389. The van der Waals surface area contributed by atoms with Crippen molar-refractivity contribution in [2.24, 2.45) is 0 Å². The standard InChI is InChI=1S/C18H23NO4S/c1-3-22-16(18(20)21)13-14-6-8-15(9-7-14)23-12-11-19-10-4-5-17(19)24-2/h4-10,16H,3,11-13H2,1-2H3,(H,20,21). The maximum atomic E-state index is 11.1. The van der Waals surface area contributed by atoms with Gasteiger partial charge in [-0.3, -0.25) is 0 Å². The van der Waals surface area contributed by atoms with Crippen LogP contribution in [-0.4, -0.2) is 41.2 Å². The molecule has 0 fully saturated rings. The molecule has 1 unspecified atom stereocenters. The van der Waals surface area contributed by atoms with Crippen LogP contribution in [0.1, 0.15) is 12.5 Å². The molecule has 0 saturated carbocycles. The Hall–Kier alpha value is -1.92. The Bertz CT molecular complexity index is 639. The molecule has 1 heterocycles. The van der Waals surface area contributed by atoms with Crippen LogP contribution in [0.25, 0.3) is 0 Å². The smallest absolute Gasteiger partial charge is 0.333 e. The highest BCUT2D eigenvalue weighted by Crippen LogP contribution is 2.17. The highest BCUT2D eigenvalue weighted by Gasteiger charge is 2.17. The third-order valence-electron chi connectivity index (χ3n) is 3.59. The van der Waals surface area contributed by atoms with E-state index in [0.717, 1.165) is 17.9 Å². The molecule has 0 aliphatic rings. The van der Waals surface area contributed by atoms with Gasteiger partial charge in [-0.15, -0.1) is 11.8 Å². The van der Waals surface area contributed by atoms with Crippen molar-refractivity contribution in [3.05, 3.63) is 48.2 Å². The van der Waals surface area contributed by atoms with Crippen LogP contribution in [0.5, 0.6) is 5.75 Å². The van der Waals surface area contributed by atoms with E-state index in [0.29, 0.717) is 19.6 Å². The first-order valence-electron chi connectivity index (χ1n) is 7.89. The fourth-order valence-electron chi connectivity index (χ4n) is 2.38. The van der Waals surface area contributed by atoms with Gasteiger partial charge in [-0.05, 0) is 43.0 Å². The van der Waals surface area contributed by atoms with Gasteiger partial charge in [0.25, 0.3) is 0 Å². The third kappa shape index (κ3) is 5.32. The van der Waals surface area contributed by atoms with Crippen LogP contribution in [0.2, 0.25) is 0 Å². The minimum atomic E-state index is -0.937. The first-order chi connectivity index (χ1) is 11.6. The minimum Gasteiger partial charge on any atom is -0.492 e. The summed E-state index contributed by atoms with van der Waals surface area (Å²) in [5, 5.41) is 10.3. The van der Waals surface area contributed by atoms with Crippen molar-refractivity contribution in [3.8, 4) is 5.75 Å². The average Bonchev–Trinajstić information content (AvgIpc) is 3.03. The van der Waals surface area contributed by atoms with E-state index < -0.39 is 12.1 Å². The SMILES string of the molecule is CCOC(Cc1ccc(OCCn2cccc2SC)cc1)C(=O)O. The summed E-state index contributed by atoms with van der Waals surface area (Å²) in [7, 11) is 0. The van der Waals surface area contributed by atoms with Crippen LogP contribution in [0.3, 0.4) is 0 Å². The van der Waals surface area contributed by atoms with E-state index >= 15 is 0 Å². The molecular weight excluding hydrogens is 326 g/mol. The van der Waals surface area contributed by atoms with Gasteiger partial charge in [-0.2, -0.15) is 0 Å². The van der Waals surface area contributed by atoms with Gasteiger partial charge in [0.1, 0.15) is 12.4 Å². The number of aromatic nitrogens is 1. The molecule has 0 amide bonds. The van der Waals surface area contributed by atoms with Crippen LogP contribution in [0, 0.1) is 0 Å². The van der Waals surface area contributed by atoms with Gasteiger partial charge >= 0.3 is 5.97 Å². The zero-order chi connectivity index (χ0) is 17.4. The summed E-state index contributed by atoms with van der Waals surface area (Å²) >= 11 is 1.71. The van der Waals surface area contributed by atoms with Crippen LogP contribution < -0.4 is 4.74 Å². The molecule has 0 radical (unpaired) electrons. The predicted octanol–water partition coefficient (Wildman–Crippen LogP) is 3.32. The van der Waals surface area contributed by atoms with Gasteiger partial charge in [-0.25, -0.2) is 4.79 Å². The number of carboxylic acids is 1. The van der Waals surface area contributed by atoms with Gasteiger partial charge in [-0.1, -0.05) is 12.1 Å². The number of hydrogen-bond acceptors (Lipinski definition) is 4. The minimum absolute atomic E-state index is 0.351. The second kappa shape index (κ2) is 9.39. The Kier molecular flexibility index (Phi) is 7.21. The van der Waals surface area contributed by atoms with Gasteiger partial charge in [0, 0.05) is 19.2 Å². The van der Waals surface area contributed by atoms with Crippen LogP contribution in [0.15, 0.2) is 47.6 Å². The maximum absolute atomic E-state index is 11.1. The molecular formula is C18H23NO4S. The summed E-state index contributed by atoms with van der Waals surface area (Å²) in [4.78, 5) is 11.1. The molecule has 5 nitrogen and oxygen atoms in total. The van der Waals surface area contributed by atoms with Gasteiger partial charge in [0.2, 0.25) is 0 Å². The van der Waals surface area contributed by atoms with Crippen molar-refractivity contribution in [2.75, 3.05) is 19.5 Å². The van der Waals surface area contributed by atoms with E-state index in [1.165, 1.54) is 5.03 Å². The quantitative estimate of drug-likeness (QED) is 0.667. The molecule has 0 spiro atoms. The zero-order valence-electron chi connectivity index (χ0n) is 14.0. The molecule has 1 aromatic carbocycles. The number of nitrogens with zero attached hydrogens (tertiary/aromatic N) is 1. The van der Waals surface area contributed by atoms with E-state index in [4.69, 9.17) is 14.6 Å². The molecule has 2 aromatic rings. The molecule has 130 valence electrons. The lowest BCUT2D eigenvalue weighted by Crippen LogP contribution is -2.26. The Balaban J connectivity index is 1.84. The molecule has 1 N–H and O–H groups in total. The number of carboxylic acid groups (broad SMARTS) is 1. The van der Waals surface area contributed by atoms with Crippen molar-refractivity contribution >= 4 is 17.7 Å². The van der Waals surface area contributed by atoms with E-state index in [9.17, 15) is 4.79 Å². The molecule has 0 bridgehead atoms. The third-order valence-corrected chi connectivity index (χ3v) is 4.37. The zero-order valence-corrected chi connectivity index (χ0v) is 14.8. The van der Waals surface area contributed by atoms with Gasteiger partial charge in [0.15, 0.2) is 6.10 Å². The first-order valence-corrected chi connectivity index (χ1v) is 9.11. The van der Waals surface area contributed by atoms with E-state index in [1.807, 2.05) is 36.5 Å². The molecule has 0 saturated heterocycles. The lowest BCUT2D eigenvalue weighted by Gasteiger charge is -2.13. The Morgan fingerprint density at radius 2 is 2.04 bits per heavy atom. The van der Waals surface area contributed by atoms with E-state index in [2.05, 4.69) is 16.9 Å². The Morgan fingerprint density at radius 1 is 1.29 bits per heavy atom. The lowest BCUT2D eigenvalue weighted by molar-refractivity contribution is -0.149. The van der Waals surface area contributed by atoms with Crippen molar-refractivity contribution in [2.45, 2.75) is 31.0 Å². The summed E-state index contributed by atoms with van der Waals surface area (Å²) in [6, 6.07) is 11.6. The summed E-state index contributed by atoms with van der Waals surface area (Å²) in [5.74, 6) is -0.159. The van der Waals surface area contributed by atoms with Gasteiger partial charge < -0.3 is 19.1 Å². The van der Waals surface area contributed by atoms with Crippen molar-refractivity contribution < 1.29 is 19.4 Å². The number of carbonyl (C=O) groups is 1. The molecule has 24 heavy (non-hydrogen) atoms. The topological polar surface area (TPSA) is 60.7 Å². The Labute approximate surface area is 146 Å². The number of hydrogen-bond donors (Lipinski definition) is 1. The second-order valence-corrected chi connectivity index (χ2v) is 6.05. The summed E-state index contributed by atoms with van der Waals surface area (Å²) in [5.41, 5.74) is 0.915. The normalized spacial score (nSPS) is 12.1. The molecule has 1 aromatic heterocycles. The van der Waals surface area contributed by atoms with Crippen LogP contribution in [-0.2, 0) is 22.5 Å². The number of rotatable bonds is 10. The largest absolute Gasteiger partial charge is 0.492 e. The Morgan fingerprint density at radius 3 is 2.67 bits per heavy atom. The lowest BCUT2D eigenvalue weighted by atomic mass is 10.1. The van der Waals surface area contributed by atoms with Crippen molar-refractivity contribution in [1.29, 1.82) is 0 Å². The molecule has 1 atom stereocenters. The number of thioether (sulfide) groups is 1. The summed E-state index contributed by atoms with van der Waals surface area (Å²) in [6.45, 7) is 3.55. The number of aliphatic carboxylic acids is 1.